The maximum Gasteiger partial charge on any atom is 0.251 e. The number of rotatable bonds is 18. The molecule has 3 atom stereocenters. The lowest BCUT2D eigenvalue weighted by atomic mass is 10.0. The van der Waals surface area contributed by atoms with Gasteiger partial charge in [0.05, 0.1) is 18.0 Å². The highest BCUT2D eigenvalue weighted by atomic mass is 32.2. The van der Waals surface area contributed by atoms with E-state index in [1.165, 1.54) is 25.2 Å². The van der Waals surface area contributed by atoms with Crippen LogP contribution in [0.4, 0.5) is 5.69 Å². The Hall–Kier alpha value is -4.75. The predicted molar refractivity (Wildman–Crippen MR) is 196 cm³/mol. The molecule has 0 saturated heterocycles. The molecule has 3 aromatic rings. The number of carbonyl (C=O) groups is 4. The SMILES string of the molecule is CCNC(=O)[C@@H](NC(=O)[C@H](C)NC[C@H](Cc1ccccc1)NC(=O)c1cc(C(=O)NCCc2ccccc2)cc(N(C)S(C)(=O)=O)c1)C(C)C. The van der Waals surface area contributed by atoms with Crippen molar-refractivity contribution in [3.63, 3.8) is 0 Å². The summed E-state index contributed by atoms with van der Waals surface area (Å²) in [6.45, 7) is 8.18. The van der Waals surface area contributed by atoms with Crippen LogP contribution in [-0.4, -0.2) is 83.1 Å². The quantitative estimate of drug-likeness (QED) is 0.136. The van der Waals surface area contributed by atoms with Gasteiger partial charge in [0.25, 0.3) is 11.8 Å². The third-order valence-electron chi connectivity index (χ3n) is 8.17. The summed E-state index contributed by atoms with van der Waals surface area (Å²) in [7, 11) is -2.35. The summed E-state index contributed by atoms with van der Waals surface area (Å²) >= 11 is 0. The van der Waals surface area contributed by atoms with Crippen LogP contribution in [0.1, 0.15) is 59.5 Å². The van der Waals surface area contributed by atoms with Crippen LogP contribution in [0.2, 0.25) is 0 Å². The molecule has 0 aliphatic carbocycles. The summed E-state index contributed by atoms with van der Waals surface area (Å²) in [6.07, 6.45) is 2.05. The summed E-state index contributed by atoms with van der Waals surface area (Å²) in [5.74, 6) is -1.72. The van der Waals surface area contributed by atoms with Gasteiger partial charge in [-0.1, -0.05) is 74.5 Å². The summed E-state index contributed by atoms with van der Waals surface area (Å²) < 4.78 is 25.9. The van der Waals surface area contributed by atoms with Crippen LogP contribution in [0.15, 0.2) is 78.9 Å². The third kappa shape index (κ3) is 12.3. The lowest BCUT2D eigenvalue weighted by molar-refractivity contribution is -0.130. The topological polar surface area (TPSA) is 166 Å². The largest absolute Gasteiger partial charge is 0.355 e. The van der Waals surface area contributed by atoms with Crippen LogP contribution >= 0.6 is 0 Å². The summed E-state index contributed by atoms with van der Waals surface area (Å²) in [5.41, 5.74) is 2.37. The highest BCUT2D eigenvalue weighted by Gasteiger charge is 2.27. The van der Waals surface area contributed by atoms with Crippen molar-refractivity contribution in [3.8, 4) is 0 Å². The second-order valence-corrected chi connectivity index (χ2v) is 14.6. The maximum atomic E-state index is 13.8. The molecular formula is C37H50N6O6S. The van der Waals surface area contributed by atoms with Gasteiger partial charge in [-0.3, -0.25) is 23.5 Å². The third-order valence-corrected chi connectivity index (χ3v) is 9.37. The van der Waals surface area contributed by atoms with Crippen LogP contribution in [0.3, 0.4) is 0 Å². The number of benzene rings is 3. The average Bonchev–Trinajstić information content (AvgIpc) is 3.09. The lowest BCUT2D eigenvalue weighted by Gasteiger charge is -2.25. The average molecular weight is 707 g/mol. The molecule has 0 aromatic heterocycles. The second kappa shape index (κ2) is 18.9. The van der Waals surface area contributed by atoms with Crippen molar-refractivity contribution < 1.29 is 27.6 Å². The van der Waals surface area contributed by atoms with Crippen LogP contribution < -0.4 is 30.9 Å². The van der Waals surface area contributed by atoms with Gasteiger partial charge in [-0.15, -0.1) is 0 Å². The summed E-state index contributed by atoms with van der Waals surface area (Å²) in [4.78, 5) is 52.7. The second-order valence-electron chi connectivity index (χ2n) is 12.6. The number of anilines is 1. The summed E-state index contributed by atoms with van der Waals surface area (Å²) in [6, 6.07) is 21.6. The van der Waals surface area contributed by atoms with Crippen molar-refractivity contribution in [2.45, 2.75) is 58.7 Å². The lowest BCUT2D eigenvalue weighted by Crippen LogP contribution is -2.55. The van der Waals surface area contributed by atoms with Crippen LogP contribution in [0.25, 0.3) is 0 Å². The van der Waals surface area contributed by atoms with Crippen LogP contribution in [0, 0.1) is 5.92 Å². The van der Waals surface area contributed by atoms with E-state index in [1.807, 2.05) is 81.4 Å². The molecule has 0 aliphatic rings. The fourth-order valence-corrected chi connectivity index (χ4v) is 5.65. The number of nitrogens with zero attached hydrogens (tertiary/aromatic N) is 1. The van der Waals surface area contributed by atoms with Gasteiger partial charge in [-0.05, 0) is 61.9 Å². The van der Waals surface area contributed by atoms with E-state index in [0.717, 1.165) is 21.7 Å². The van der Waals surface area contributed by atoms with E-state index in [0.29, 0.717) is 25.9 Å². The molecule has 270 valence electrons. The highest BCUT2D eigenvalue weighted by molar-refractivity contribution is 7.92. The number of likely N-dealkylation sites (N-methyl/N-ethyl adjacent to an activating group) is 1. The van der Waals surface area contributed by atoms with Gasteiger partial charge in [-0.25, -0.2) is 8.42 Å². The van der Waals surface area contributed by atoms with Crippen molar-refractivity contribution in [2.75, 3.05) is 37.2 Å². The first kappa shape index (κ1) is 39.7. The number of nitrogens with one attached hydrogen (secondary N) is 5. The molecule has 0 unspecified atom stereocenters. The van der Waals surface area contributed by atoms with E-state index in [2.05, 4.69) is 26.6 Å². The van der Waals surface area contributed by atoms with Gasteiger partial charge in [0.15, 0.2) is 0 Å². The first-order valence-electron chi connectivity index (χ1n) is 16.8. The van der Waals surface area contributed by atoms with Crippen molar-refractivity contribution in [1.29, 1.82) is 0 Å². The van der Waals surface area contributed by atoms with Crippen molar-refractivity contribution in [2.24, 2.45) is 5.92 Å². The van der Waals surface area contributed by atoms with Crippen LogP contribution in [-0.2, 0) is 32.5 Å². The molecule has 0 heterocycles. The normalized spacial score (nSPS) is 13.1. The Bertz CT molecular complexity index is 1700. The van der Waals surface area contributed by atoms with Crippen molar-refractivity contribution in [1.82, 2.24) is 26.6 Å². The Balaban J connectivity index is 1.82. The number of sulfonamides is 1. The highest BCUT2D eigenvalue weighted by Crippen LogP contribution is 2.21. The zero-order valence-corrected chi connectivity index (χ0v) is 30.5. The Morgan fingerprint density at radius 2 is 1.34 bits per heavy atom. The van der Waals surface area contributed by atoms with E-state index in [9.17, 15) is 27.6 Å². The van der Waals surface area contributed by atoms with Gasteiger partial charge in [0, 0.05) is 43.9 Å². The van der Waals surface area contributed by atoms with E-state index in [4.69, 9.17) is 0 Å². The molecule has 3 rings (SSSR count). The number of hydrogen-bond donors (Lipinski definition) is 5. The van der Waals surface area contributed by atoms with Crippen molar-refractivity contribution >= 4 is 39.3 Å². The smallest absolute Gasteiger partial charge is 0.251 e. The molecular weight excluding hydrogens is 657 g/mol. The molecule has 0 fully saturated rings. The molecule has 5 N–H and O–H groups in total. The molecule has 0 aliphatic heterocycles. The fourth-order valence-electron chi connectivity index (χ4n) is 5.16. The Morgan fingerprint density at radius 1 is 0.760 bits per heavy atom. The Kier molecular flexibility index (Phi) is 15.0. The zero-order chi connectivity index (χ0) is 36.8. The van der Waals surface area contributed by atoms with Gasteiger partial charge < -0.3 is 26.6 Å². The fraction of sp³-hybridized carbons (Fsp3) is 0.405. The molecule has 0 bridgehead atoms. The van der Waals surface area contributed by atoms with Gasteiger partial charge in [-0.2, -0.15) is 0 Å². The minimum Gasteiger partial charge on any atom is -0.355 e. The molecule has 0 saturated carbocycles. The zero-order valence-electron chi connectivity index (χ0n) is 29.7. The van der Waals surface area contributed by atoms with Gasteiger partial charge in [0.1, 0.15) is 6.04 Å². The minimum atomic E-state index is -3.71. The molecule has 3 aromatic carbocycles. The van der Waals surface area contributed by atoms with Gasteiger partial charge in [0.2, 0.25) is 21.8 Å². The Labute approximate surface area is 295 Å². The predicted octanol–water partition coefficient (Wildman–Crippen LogP) is 2.65. The number of carbonyl (C=O) groups excluding carboxylic acids is 4. The Morgan fingerprint density at radius 3 is 1.90 bits per heavy atom. The number of hydrogen-bond acceptors (Lipinski definition) is 7. The summed E-state index contributed by atoms with van der Waals surface area (Å²) in [5, 5.41) is 14.6. The van der Waals surface area contributed by atoms with E-state index < -0.39 is 40.0 Å². The molecule has 0 spiro atoms. The molecule has 13 heteroatoms. The first-order chi connectivity index (χ1) is 23.7. The van der Waals surface area contributed by atoms with Gasteiger partial charge >= 0.3 is 0 Å². The first-order valence-corrected chi connectivity index (χ1v) is 18.6. The maximum absolute atomic E-state index is 13.8. The minimum absolute atomic E-state index is 0.0942. The van der Waals surface area contributed by atoms with E-state index >= 15 is 0 Å². The molecule has 4 amide bonds. The van der Waals surface area contributed by atoms with Crippen molar-refractivity contribution in [3.05, 3.63) is 101 Å². The standard InChI is InChI=1S/C37H50N6O6S/c1-7-38-37(47)33(25(2)3)42-34(44)26(4)40-24-31(20-28-16-12-9-13-17-28)41-36(46)30-21-29(22-32(23-30)43(5)50(6,48)49)35(45)39-19-18-27-14-10-8-11-15-27/h8-17,21-23,25-26,31,33,40H,7,18-20,24H2,1-6H3,(H,38,47)(H,39,45)(H,41,46)(H,42,44)/t26-,31-,33-/m0/s1. The van der Waals surface area contributed by atoms with E-state index in [1.54, 1.807) is 6.92 Å². The monoisotopic (exact) mass is 706 g/mol. The number of amides is 4. The van der Waals surface area contributed by atoms with E-state index in [-0.39, 0.29) is 41.1 Å². The van der Waals surface area contributed by atoms with Crippen LogP contribution in [0.5, 0.6) is 0 Å². The molecule has 0 radical (unpaired) electrons. The molecule has 50 heavy (non-hydrogen) atoms. The molecule has 12 nitrogen and oxygen atoms in total.